The van der Waals surface area contributed by atoms with E-state index in [-0.39, 0.29) is 12.5 Å². The molecule has 3 N–H and O–H groups in total. The van der Waals surface area contributed by atoms with E-state index in [2.05, 4.69) is 31.9 Å². The van der Waals surface area contributed by atoms with Crippen LogP contribution in [0.3, 0.4) is 0 Å². The first-order chi connectivity index (χ1) is 13.4. The molecule has 0 fully saturated rings. The van der Waals surface area contributed by atoms with Gasteiger partial charge in [-0.05, 0) is 42.5 Å². The minimum absolute atomic E-state index is 0.239. The number of esters is 1. The van der Waals surface area contributed by atoms with E-state index in [4.69, 9.17) is 4.74 Å². The summed E-state index contributed by atoms with van der Waals surface area (Å²) >= 11 is 3.26. The number of benzene rings is 2. The van der Waals surface area contributed by atoms with Crippen molar-refractivity contribution >= 4 is 45.3 Å². The molecule has 3 amide bonds. The summed E-state index contributed by atoms with van der Waals surface area (Å²) in [4.78, 5) is 46.9. The summed E-state index contributed by atoms with van der Waals surface area (Å²) in [6, 6.07) is 12.9. The van der Waals surface area contributed by atoms with Crippen molar-refractivity contribution in [1.29, 1.82) is 0 Å². The highest BCUT2D eigenvalue weighted by atomic mass is 79.9. The van der Waals surface area contributed by atoms with Gasteiger partial charge in [0, 0.05) is 28.3 Å². The first-order valence-electron chi connectivity index (χ1n) is 8.20. The first kappa shape index (κ1) is 21.1. The van der Waals surface area contributed by atoms with Crippen molar-refractivity contribution in [3.8, 4) is 0 Å². The van der Waals surface area contributed by atoms with Crippen molar-refractivity contribution in [2.45, 2.75) is 0 Å². The van der Waals surface area contributed by atoms with Crippen LogP contribution < -0.4 is 16.0 Å². The van der Waals surface area contributed by atoms with Crippen LogP contribution >= 0.6 is 15.9 Å². The van der Waals surface area contributed by atoms with Crippen molar-refractivity contribution < 1.29 is 23.9 Å². The third-order valence-electron chi connectivity index (χ3n) is 3.50. The van der Waals surface area contributed by atoms with Gasteiger partial charge in [0.1, 0.15) is 6.54 Å². The lowest BCUT2D eigenvalue weighted by molar-refractivity contribution is -0.146. The minimum atomic E-state index is -0.742. The van der Waals surface area contributed by atoms with E-state index in [1.807, 2.05) is 0 Å². The molecule has 0 saturated carbocycles. The van der Waals surface area contributed by atoms with Crippen LogP contribution in [-0.2, 0) is 14.3 Å². The highest BCUT2D eigenvalue weighted by Crippen LogP contribution is 2.11. The zero-order chi connectivity index (χ0) is 20.5. The van der Waals surface area contributed by atoms with Gasteiger partial charge in [-0.15, -0.1) is 0 Å². The van der Waals surface area contributed by atoms with Crippen molar-refractivity contribution in [1.82, 2.24) is 10.6 Å². The van der Waals surface area contributed by atoms with E-state index < -0.39 is 24.4 Å². The largest absolute Gasteiger partial charge is 0.454 e. The Labute approximate surface area is 169 Å². The van der Waals surface area contributed by atoms with Crippen molar-refractivity contribution in [2.75, 3.05) is 25.5 Å². The number of carbonyl (C=O) groups excluding carboxylic acids is 4. The number of hydrogen-bond donors (Lipinski definition) is 3. The predicted octanol–water partition coefficient (Wildman–Crippen LogP) is 1.72. The maximum atomic E-state index is 11.9. The molecule has 0 aliphatic carbocycles. The van der Waals surface area contributed by atoms with Crippen LogP contribution in [0.4, 0.5) is 5.69 Å². The fraction of sp³-hybridized carbons (Fsp3) is 0.158. The van der Waals surface area contributed by atoms with E-state index in [0.29, 0.717) is 16.8 Å². The summed E-state index contributed by atoms with van der Waals surface area (Å²) in [7, 11) is 1.52. The summed E-state index contributed by atoms with van der Waals surface area (Å²) in [5, 5.41) is 7.45. The molecule has 0 unspecified atom stereocenters. The third kappa shape index (κ3) is 6.51. The second kappa shape index (κ2) is 10.2. The van der Waals surface area contributed by atoms with E-state index in [1.165, 1.54) is 7.05 Å². The van der Waals surface area contributed by atoms with Gasteiger partial charge in [-0.3, -0.25) is 19.2 Å². The van der Waals surface area contributed by atoms with Crippen molar-refractivity contribution in [3.63, 3.8) is 0 Å². The molecule has 9 heteroatoms. The number of rotatable bonds is 7. The highest BCUT2D eigenvalue weighted by molar-refractivity contribution is 9.10. The number of hydrogen-bond acceptors (Lipinski definition) is 5. The number of amides is 3. The SMILES string of the molecule is CNC(=O)c1ccc(NC(=O)COC(=O)CNC(=O)c2cccc(Br)c2)cc1. The molecule has 0 bridgehead atoms. The standard InChI is InChI=1S/C19H18BrN3O5/c1-21-18(26)12-5-7-15(8-6-12)23-16(24)11-28-17(25)10-22-19(27)13-3-2-4-14(20)9-13/h2-9H,10-11H2,1H3,(H,21,26)(H,22,27)(H,23,24). The van der Waals surface area contributed by atoms with Gasteiger partial charge in [0.2, 0.25) is 0 Å². The average Bonchev–Trinajstić information content (AvgIpc) is 2.70. The number of halogens is 1. The Kier molecular flexibility index (Phi) is 7.70. The molecular weight excluding hydrogens is 430 g/mol. The van der Waals surface area contributed by atoms with Gasteiger partial charge in [-0.1, -0.05) is 22.0 Å². The second-order valence-corrected chi connectivity index (χ2v) is 6.47. The van der Waals surface area contributed by atoms with Crippen LogP contribution in [-0.4, -0.2) is 43.9 Å². The molecule has 2 aromatic carbocycles. The Bertz CT molecular complexity index is 883. The molecule has 28 heavy (non-hydrogen) atoms. The van der Waals surface area contributed by atoms with Gasteiger partial charge >= 0.3 is 5.97 Å². The zero-order valence-corrected chi connectivity index (χ0v) is 16.5. The molecular formula is C19H18BrN3O5. The fourth-order valence-corrected chi connectivity index (χ4v) is 2.53. The minimum Gasteiger partial charge on any atom is -0.454 e. The maximum Gasteiger partial charge on any atom is 0.325 e. The van der Waals surface area contributed by atoms with E-state index in [1.54, 1.807) is 48.5 Å². The first-order valence-corrected chi connectivity index (χ1v) is 8.99. The van der Waals surface area contributed by atoms with Gasteiger partial charge in [0.05, 0.1) is 0 Å². The number of ether oxygens (including phenoxy) is 1. The van der Waals surface area contributed by atoms with Crippen molar-refractivity contribution in [2.24, 2.45) is 0 Å². The molecule has 8 nitrogen and oxygen atoms in total. The van der Waals surface area contributed by atoms with Gasteiger partial charge in [0.25, 0.3) is 17.7 Å². The quantitative estimate of drug-likeness (QED) is 0.559. The predicted molar refractivity (Wildman–Crippen MR) is 106 cm³/mol. The Hall–Kier alpha value is -3.20. The van der Waals surface area contributed by atoms with Crippen LogP contribution in [0.1, 0.15) is 20.7 Å². The molecule has 0 saturated heterocycles. The summed E-state index contributed by atoms with van der Waals surface area (Å²) in [5.74, 6) is -1.96. The summed E-state index contributed by atoms with van der Waals surface area (Å²) in [6.45, 7) is -0.859. The molecule has 0 heterocycles. The molecule has 0 aliphatic rings. The topological polar surface area (TPSA) is 114 Å². The average molecular weight is 448 g/mol. The Morgan fingerprint density at radius 3 is 2.32 bits per heavy atom. The second-order valence-electron chi connectivity index (χ2n) is 5.56. The summed E-state index contributed by atoms with van der Waals surface area (Å²) in [6.07, 6.45) is 0. The van der Waals surface area contributed by atoms with Crippen LogP contribution in [0, 0.1) is 0 Å². The monoisotopic (exact) mass is 447 g/mol. The van der Waals surface area contributed by atoms with Crippen LogP contribution in [0.5, 0.6) is 0 Å². The van der Waals surface area contributed by atoms with E-state index in [9.17, 15) is 19.2 Å². The summed E-state index contributed by atoms with van der Waals surface area (Å²) in [5.41, 5.74) is 1.30. The van der Waals surface area contributed by atoms with Crippen molar-refractivity contribution in [3.05, 3.63) is 64.1 Å². The third-order valence-corrected chi connectivity index (χ3v) is 4.00. The molecule has 146 valence electrons. The van der Waals surface area contributed by atoms with Crippen LogP contribution in [0.25, 0.3) is 0 Å². The molecule has 0 aromatic heterocycles. The van der Waals surface area contributed by atoms with E-state index in [0.717, 1.165) is 4.47 Å². The number of carbonyl (C=O) groups is 4. The Morgan fingerprint density at radius 2 is 1.68 bits per heavy atom. The number of nitrogens with one attached hydrogen (secondary N) is 3. The van der Waals surface area contributed by atoms with Gasteiger partial charge in [-0.25, -0.2) is 0 Å². The lowest BCUT2D eigenvalue weighted by atomic mass is 10.2. The Morgan fingerprint density at radius 1 is 0.964 bits per heavy atom. The molecule has 0 spiro atoms. The van der Waals surface area contributed by atoms with Crippen LogP contribution in [0.2, 0.25) is 0 Å². The van der Waals surface area contributed by atoms with Crippen LogP contribution in [0.15, 0.2) is 53.0 Å². The highest BCUT2D eigenvalue weighted by Gasteiger charge is 2.11. The lowest BCUT2D eigenvalue weighted by Gasteiger charge is -2.08. The smallest absolute Gasteiger partial charge is 0.325 e. The number of anilines is 1. The van der Waals surface area contributed by atoms with Gasteiger partial charge in [0.15, 0.2) is 6.61 Å². The van der Waals surface area contributed by atoms with Gasteiger partial charge in [-0.2, -0.15) is 0 Å². The normalized spacial score (nSPS) is 9.93. The van der Waals surface area contributed by atoms with Gasteiger partial charge < -0.3 is 20.7 Å². The molecule has 0 atom stereocenters. The lowest BCUT2D eigenvalue weighted by Crippen LogP contribution is -2.32. The Balaban J connectivity index is 1.74. The molecule has 2 aromatic rings. The maximum absolute atomic E-state index is 11.9. The molecule has 2 rings (SSSR count). The molecule has 0 radical (unpaired) electrons. The molecule has 0 aliphatic heterocycles. The fourth-order valence-electron chi connectivity index (χ4n) is 2.13. The summed E-state index contributed by atoms with van der Waals surface area (Å²) < 4.78 is 5.56. The zero-order valence-electron chi connectivity index (χ0n) is 15.0. The van der Waals surface area contributed by atoms with E-state index >= 15 is 0 Å².